The largest absolute Gasteiger partial charge is 0.489 e. The molecule has 2 aromatic carbocycles. The summed E-state index contributed by atoms with van der Waals surface area (Å²) < 4.78 is 18.9. The van der Waals surface area contributed by atoms with Crippen LogP contribution in [0.25, 0.3) is 0 Å². The summed E-state index contributed by atoms with van der Waals surface area (Å²) in [5, 5.41) is 0.386. The molecule has 0 heterocycles. The molecule has 1 atom stereocenters. The van der Waals surface area contributed by atoms with E-state index in [0.29, 0.717) is 11.6 Å². The van der Waals surface area contributed by atoms with Gasteiger partial charge in [0.1, 0.15) is 18.2 Å². The van der Waals surface area contributed by atoms with Crippen LogP contribution in [-0.4, -0.2) is 0 Å². The molecule has 0 bridgehead atoms. The predicted octanol–water partition coefficient (Wildman–Crippen LogP) is 4.39. The van der Waals surface area contributed by atoms with Gasteiger partial charge in [-0.15, -0.1) is 0 Å². The summed E-state index contributed by atoms with van der Waals surface area (Å²) in [4.78, 5) is 0. The SMILES string of the molecule is NC1CCCc2c(OCc3ccc(F)cc3Cl)cccc21. The fourth-order valence-electron chi connectivity index (χ4n) is 2.78. The van der Waals surface area contributed by atoms with Crippen molar-refractivity contribution < 1.29 is 9.13 Å². The van der Waals surface area contributed by atoms with Crippen molar-refractivity contribution in [1.29, 1.82) is 0 Å². The molecule has 21 heavy (non-hydrogen) atoms. The Morgan fingerprint density at radius 1 is 1.29 bits per heavy atom. The summed E-state index contributed by atoms with van der Waals surface area (Å²) in [5.41, 5.74) is 9.28. The maximum Gasteiger partial charge on any atom is 0.124 e. The minimum absolute atomic E-state index is 0.0895. The van der Waals surface area contributed by atoms with E-state index in [0.717, 1.165) is 30.6 Å². The number of fused-ring (bicyclic) bond motifs is 1. The Morgan fingerprint density at radius 2 is 2.14 bits per heavy atom. The van der Waals surface area contributed by atoms with Crippen LogP contribution in [0.4, 0.5) is 4.39 Å². The minimum atomic E-state index is -0.341. The number of hydrogen-bond acceptors (Lipinski definition) is 2. The summed E-state index contributed by atoms with van der Waals surface area (Å²) in [6.07, 6.45) is 3.07. The first-order valence-electron chi connectivity index (χ1n) is 7.09. The molecule has 0 amide bonds. The number of halogens is 2. The third-order valence-corrected chi connectivity index (χ3v) is 4.26. The molecule has 0 saturated heterocycles. The average Bonchev–Trinajstić information content (AvgIpc) is 2.47. The highest BCUT2D eigenvalue weighted by Crippen LogP contribution is 2.34. The molecule has 4 heteroatoms. The Kier molecular flexibility index (Phi) is 4.13. The lowest BCUT2D eigenvalue weighted by atomic mass is 9.87. The zero-order valence-electron chi connectivity index (χ0n) is 11.6. The summed E-state index contributed by atoms with van der Waals surface area (Å²) in [5.74, 6) is 0.509. The van der Waals surface area contributed by atoms with E-state index in [4.69, 9.17) is 22.1 Å². The first-order chi connectivity index (χ1) is 10.1. The van der Waals surface area contributed by atoms with Gasteiger partial charge in [0, 0.05) is 11.6 Å². The number of rotatable bonds is 3. The van der Waals surface area contributed by atoms with Gasteiger partial charge in [0.05, 0.1) is 5.02 Å². The van der Waals surface area contributed by atoms with Crippen LogP contribution in [0.5, 0.6) is 5.75 Å². The first-order valence-corrected chi connectivity index (χ1v) is 7.47. The molecule has 2 N–H and O–H groups in total. The van der Waals surface area contributed by atoms with Crippen molar-refractivity contribution in [3.8, 4) is 5.75 Å². The molecule has 0 aromatic heterocycles. The number of nitrogens with two attached hydrogens (primary N) is 1. The van der Waals surface area contributed by atoms with E-state index in [1.54, 1.807) is 6.07 Å². The number of ether oxygens (including phenoxy) is 1. The number of benzene rings is 2. The lowest BCUT2D eigenvalue weighted by Crippen LogP contribution is -2.18. The lowest BCUT2D eigenvalue weighted by Gasteiger charge is -2.24. The van der Waals surface area contributed by atoms with E-state index >= 15 is 0 Å². The molecule has 3 rings (SSSR count). The summed E-state index contributed by atoms with van der Waals surface area (Å²) in [7, 11) is 0. The van der Waals surface area contributed by atoms with Crippen molar-refractivity contribution in [2.24, 2.45) is 5.73 Å². The van der Waals surface area contributed by atoms with Crippen LogP contribution >= 0.6 is 11.6 Å². The van der Waals surface area contributed by atoms with Crippen molar-refractivity contribution in [1.82, 2.24) is 0 Å². The molecule has 0 saturated carbocycles. The fourth-order valence-corrected chi connectivity index (χ4v) is 3.00. The van der Waals surface area contributed by atoms with Gasteiger partial charge in [0.15, 0.2) is 0 Å². The van der Waals surface area contributed by atoms with Crippen molar-refractivity contribution in [2.45, 2.75) is 31.9 Å². The molecule has 2 aromatic rings. The highest BCUT2D eigenvalue weighted by molar-refractivity contribution is 6.31. The predicted molar refractivity (Wildman–Crippen MR) is 82.1 cm³/mol. The Hall–Kier alpha value is -1.58. The molecule has 1 aliphatic rings. The second-order valence-electron chi connectivity index (χ2n) is 5.35. The molecule has 0 fully saturated rings. The van der Waals surface area contributed by atoms with Crippen molar-refractivity contribution in [2.75, 3.05) is 0 Å². The van der Waals surface area contributed by atoms with E-state index < -0.39 is 0 Å². The molecule has 1 aliphatic carbocycles. The topological polar surface area (TPSA) is 35.2 Å². The Bertz CT molecular complexity index is 659. The van der Waals surface area contributed by atoms with E-state index in [2.05, 4.69) is 6.07 Å². The quantitative estimate of drug-likeness (QED) is 0.912. The van der Waals surface area contributed by atoms with Gasteiger partial charge in [-0.1, -0.05) is 29.8 Å². The Morgan fingerprint density at radius 3 is 2.95 bits per heavy atom. The van der Waals surface area contributed by atoms with E-state index in [1.165, 1.54) is 23.3 Å². The van der Waals surface area contributed by atoms with E-state index in [1.807, 2.05) is 12.1 Å². The van der Waals surface area contributed by atoms with Gasteiger partial charge in [-0.2, -0.15) is 0 Å². The highest BCUT2D eigenvalue weighted by atomic mass is 35.5. The summed E-state index contributed by atoms with van der Waals surface area (Å²) in [6.45, 7) is 0.324. The second kappa shape index (κ2) is 6.04. The van der Waals surface area contributed by atoms with Gasteiger partial charge >= 0.3 is 0 Å². The zero-order chi connectivity index (χ0) is 14.8. The van der Waals surface area contributed by atoms with Crippen LogP contribution in [0.1, 0.15) is 35.6 Å². The smallest absolute Gasteiger partial charge is 0.124 e. The van der Waals surface area contributed by atoms with Crippen molar-refractivity contribution >= 4 is 11.6 Å². The van der Waals surface area contributed by atoms with Crippen molar-refractivity contribution in [3.05, 3.63) is 63.9 Å². The Balaban J connectivity index is 1.81. The fraction of sp³-hybridized carbons (Fsp3) is 0.294. The standard InChI is InChI=1S/C17H17ClFNO/c18-15-9-12(19)8-7-11(15)10-21-17-6-2-3-13-14(17)4-1-5-16(13)20/h2-3,6-9,16H,1,4-5,10,20H2. The molecule has 1 unspecified atom stereocenters. The molecule has 2 nitrogen and oxygen atoms in total. The first kappa shape index (κ1) is 14.4. The van der Waals surface area contributed by atoms with Gasteiger partial charge in [-0.05, 0) is 48.6 Å². The van der Waals surface area contributed by atoms with Crippen LogP contribution < -0.4 is 10.5 Å². The molecular weight excluding hydrogens is 289 g/mol. The van der Waals surface area contributed by atoms with E-state index in [-0.39, 0.29) is 11.9 Å². The van der Waals surface area contributed by atoms with Crippen LogP contribution in [0.2, 0.25) is 5.02 Å². The molecule has 0 aliphatic heterocycles. The van der Waals surface area contributed by atoms with E-state index in [9.17, 15) is 4.39 Å². The van der Waals surface area contributed by atoms with Gasteiger partial charge in [0.25, 0.3) is 0 Å². The minimum Gasteiger partial charge on any atom is -0.489 e. The van der Waals surface area contributed by atoms with Gasteiger partial charge < -0.3 is 10.5 Å². The molecular formula is C17H17ClFNO. The zero-order valence-corrected chi connectivity index (χ0v) is 12.4. The van der Waals surface area contributed by atoms with Crippen molar-refractivity contribution in [3.63, 3.8) is 0 Å². The van der Waals surface area contributed by atoms with Gasteiger partial charge in [-0.25, -0.2) is 4.39 Å². The normalized spacial score (nSPS) is 17.4. The Labute approximate surface area is 128 Å². The molecule has 0 radical (unpaired) electrons. The third kappa shape index (κ3) is 3.04. The molecule has 0 spiro atoms. The summed E-state index contributed by atoms with van der Waals surface area (Å²) in [6, 6.07) is 10.4. The second-order valence-corrected chi connectivity index (χ2v) is 5.75. The van der Waals surface area contributed by atoms with Crippen LogP contribution in [0.15, 0.2) is 36.4 Å². The van der Waals surface area contributed by atoms with Gasteiger partial charge in [-0.3, -0.25) is 0 Å². The molecule has 110 valence electrons. The lowest BCUT2D eigenvalue weighted by molar-refractivity contribution is 0.300. The maximum absolute atomic E-state index is 13.0. The van der Waals surface area contributed by atoms with Gasteiger partial charge in [0.2, 0.25) is 0 Å². The highest BCUT2D eigenvalue weighted by Gasteiger charge is 2.19. The summed E-state index contributed by atoms with van der Waals surface area (Å²) >= 11 is 6.02. The number of hydrogen-bond donors (Lipinski definition) is 1. The van der Waals surface area contributed by atoms with Crippen LogP contribution in [0, 0.1) is 5.82 Å². The van der Waals surface area contributed by atoms with Crippen LogP contribution in [0.3, 0.4) is 0 Å². The average molecular weight is 306 g/mol. The third-order valence-electron chi connectivity index (χ3n) is 3.91. The monoisotopic (exact) mass is 305 g/mol. The van der Waals surface area contributed by atoms with Crippen LogP contribution in [-0.2, 0) is 13.0 Å². The maximum atomic E-state index is 13.0.